The van der Waals surface area contributed by atoms with Gasteiger partial charge in [0.05, 0.1) is 0 Å². The van der Waals surface area contributed by atoms with Gasteiger partial charge in [0, 0.05) is 12.5 Å². The van der Waals surface area contributed by atoms with E-state index < -0.39 is 0 Å². The molecule has 1 nitrogen and oxygen atoms in total. The molecule has 0 saturated carbocycles. The van der Waals surface area contributed by atoms with Gasteiger partial charge < -0.3 is 5.73 Å². The van der Waals surface area contributed by atoms with Crippen LogP contribution in [-0.4, -0.2) is 6.54 Å². The van der Waals surface area contributed by atoms with Crippen LogP contribution in [0.1, 0.15) is 23.5 Å². The first-order valence-corrected chi connectivity index (χ1v) is 4.78. The van der Waals surface area contributed by atoms with Crippen LogP contribution in [-0.2, 0) is 6.42 Å². The average Bonchev–Trinajstić information content (AvgIpc) is 2.60. The van der Waals surface area contributed by atoms with Gasteiger partial charge in [-0.3, -0.25) is 0 Å². The lowest BCUT2D eigenvalue weighted by atomic mass is 9.94. The van der Waals surface area contributed by atoms with E-state index in [2.05, 4.69) is 30.8 Å². The molecule has 2 N–H and O–H groups in total. The second-order valence-corrected chi connectivity index (χ2v) is 3.65. The topological polar surface area (TPSA) is 26.0 Å². The van der Waals surface area contributed by atoms with Crippen LogP contribution in [0.2, 0.25) is 0 Å². The molecule has 13 heavy (non-hydrogen) atoms. The van der Waals surface area contributed by atoms with E-state index in [0.717, 1.165) is 0 Å². The Balaban J connectivity index is 2.33. The third-order valence-electron chi connectivity index (χ3n) is 2.89. The zero-order chi connectivity index (χ0) is 9.26. The number of fused-ring (bicyclic) bond motifs is 1. The van der Waals surface area contributed by atoms with Crippen molar-refractivity contribution in [3.8, 4) is 0 Å². The summed E-state index contributed by atoms with van der Waals surface area (Å²) in [5, 5.41) is 0. The Hall–Kier alpha value is -1.08. The first-order valence-electron chi connectivity index (χ1n) is 4.78. The normalized spacial score (nSPS) is 19.9. The summed E-state index contributed by atoms with van der Waals surface area (Å²) in [6, 6.07) is 8.61. The summed E-state index contributed by atoms with van der Waals surface area (Å²) in [4.78, 5) is 0. The molecule has 0 aliphatic heterocycles. The van der Waals surface area contributed by atoms with Gasteiger partial charge in [-0.25, -0.2) is 0 Å². The van der Waals surface area contributed by atoms with E-state index in [1.807, 2.05) is 0 Å². The van der Waals surface area contributed by atoms with Crippen LogP contribution in [0.15, 0.2) is 36.4 Å². The van der Waals surface area contributed by atoms with Gasteiger partial charge in [0.1, 0.15) is 0 Å². The lowest BCUT2D eigenvalue weighted by molar-refractivity contribution is 0.756. The van der Waals surface area contributed by atoms with Crippen molar-refractivity contribution in [3.05, 3.63) is 47.5 Å². The molecule has 1 aliphatic rings. The van der Waals surface area contributed by atoms with Gasteiger partial charge in [-0.1, -0.05) is 36.4 Å². The maximum Gasteiger partial charge on any atom is 0.0140 e. The van der Waals surface area contributed by atoms with Crippen LogP contribution < -0.4 is 5.73 Å². The summed E-state index contributed by atoms with van der Waals surface area (Å²) in [6.07, 6.45) is 2.37. The minimum Gasteiger partial charge on any atom is -0.327 e. The molecular weight excluding hydrogens is 158 g/mol. The standard InChI is InChI=1S/C12H15N/c1-9(8-13)11-7-6-10-4-2-3-5-12(10)11/h2-5,11H,1,6-8,13H2. The minimum atomic E-state index is 0.515. The molecular formula is C12H15N. The maximum absolute atomic E-state index is 5.61. The quantitative estimate of drug-likeness (QED) is 0.682. The second-order valence-electron chi connectivity index (χ2n) is 3.65. The molecule has 68 valence electrons. The van der Waals surface area contributed by atoms with Crippen LogP contribution in [0.3, 0.4) is 0 Å². The second kappa shape index (κ2) is 3.35. The van der Waals surface area contributed by atoms with E-state index >= 15 is 0 Å². The number of aryl methyl sites for hydroxylation is 1. The molecule has 1 aromatic carbocycles. The number of nitrogens with two attached hydrogens (primary N) is 1. The van der Waals surface area contributed by atoms with Crippen molar-refractivity contribution in [2.24, 2.45) is 5.73 Å². The van der Waals surface area contributed by atoms with Crippen molar-refractivity contribution in [2.75, 3.05) is 6.54 Å². The van der Waals surface area contributed by atoms with Crippen LogP contribution in [0.25, 0.3) is 0 Å². The highest BCUT2D eigenvalue weighted by atomic mass is 14.5. The van der Waals surface area contributed by atoms with Crippen molar-refractivity contribution in [1.29, 1.82) is 0 Å². The van der Waals surface area contributed by atoms with Gasteiger partial charge in [-0.2, -0.15) is 0 Å². The first kappa shape index (κ1) is 8.52. The minimum absolute atomic E-state index is 0.515. The van der Waals surface area contributed by atoms with Crippen molar-refractivity contribution in [2.45, 2.75) is 18.8 Å². The summed E-state index contributed by atoms with van der Waals surface area (Å²) in [5.41, 5.74) is 9.70. The molecule has 1 aliphatic carbocycles. The third-order valence-corrected chi connectivity index (χ3v) is 2.89. The van der Waals surface area contributed by atoms with Gasteiger partial charge in [0.15, 0.2) is 0 Å². The van der Waals surface area contributed by atoms with Gasteiger partial charge in [-0.05, 0) is 24.0 Å². The fourth-order valence-corrected chi connectivity index (χ4v) is 2.12. The number of hydrogen-bond donors (Lipinski definition) is 1. The first-order chi connectivity index (χ1) is 6.33. The number of benzene rings is 1. The lowest BCUT2D eigenvalue weighted by Crippen LogP contribution is -2.08. The highest BCUT2D eigenvalue weighted by Crippen LogP contribution is 2.36. The maximum atomic E-state index is 5.61. The molecule has 0 radical (unpaired) electrons. The SMILES string of the molecule is C=C(CN)C1CCc2ccccc21. The van der Waals surface area contributed by atoms with E-state index in [4.69, 9.17) is 5.73 Å². The Kier molecular flexibility index (Phi) is 2.19. The number of rotatable bonds is 2. The van der Waals surface area contributed by atoms with Crippen LogP contribution in [0, 0.1) is 0 Å². The molecule has 0 bridgehead atoms. The number of hydrogen-bond acceptors (Lipinski definition) is 1. The zero-order valence-electron chi connectivity index (χ0n) is 7.79. The Morgan fingerprint density at radius 2 is 2.23 bits per heavy atom. The molecule has 1 heteroatoms. The fourth-order valence-electron chi connectivity index (χ4n) is 2.12. The predicted molar refractivity (Wildman–Crippen MR) is 55.7 cm³/mol. The van der Waals surface area contributed by atoms with Crippen LogP contribution in [0.5, 0.6) is 0 Å². The lowest BCUT2D eigenvalue weighted by Gasteiger charge is -2.12. The molecule has 0 heterocycles. The molecule has 1 aromatic rings. The smallest absolute Gasteiger partial charge is 0.0140 e. The summed E-state index contributed by atoms with van der Waals surface area (Å²) in [5.74, 6) is 0.515. The van der Waals surface area contributed by atoms with E-state index in [1.54, 1.807) is 0 Å². The van der Waals surface area contributed by atoms with Gasteiger partial charge in [0.2, 0.25) is 0 Å². The third kappa shape index (κ3) is 1.40. The van der Waals surface area contributed by atoms with E-state index in [9.17, 15) is 0 Å². The molecule has 0 saturated heterocycles. The van der Waals surface area contributed by atoms with E-state index in [-0.39, 0.29) is 0 Å². The summed E-state index contributed by atoms with van der Waals surface area (Å²) in [7, 11) is 0. The van der Waals surface area contributed by atoms with Gasteiger partial charge >= 0.3 is 0 Å². The predicted octanol–water partition coefficient (Wildman–Crippen LogP) is 2.23. The molecule has 1 atom stereocenters. The summed E-state index contributed by atoms with van der Waals surface area (Å²) >= 11 is 0. The molecule has 0 spiro atoms. The zero-order valence-corrected chi connectivity index (χ0v) is 7.79. The van der Waals surface area contributed by atoms with Crippen molar-refractivity contribution >= 4 is 0 Å². The molecule has 0 amide bonds. The highest BCUT2D eigenvalue weighted by Gasteiger charge is 2.22. The van der Waals surface area contributed by atoms with E-state index in [1.165, 1.54) is 29.5 Å². The van der Waals surface area contributed by atoms with E-state index in [0.29, 0.717) is 12.5 Å². The largest absolute Gasteiger partial charge is 0.327 e. The average molecular weight is 173 g/mol. The van der Waals surface area contributed by atoms with Crippen molar-refractivity contribution in [3.63, 3.8) is 0 Å². The van der Waals surface area contributed by atoms with Crippen molar-refractivity contribution in [1.82, 2.24) is 0 Å². The Bertz CT molecular complexity index is 328. The Morgan fingerprint density at radius 3 is 3.00 bits per heavy atom. The van der Waals surface area contributed by atoms with Crippen LogP contribution >= 0.6 is 0 Å². The Labute approximate surface area is 79.3 Å². The molecule has 0 aromatic heterocycles. The molecule has 0 fully saturated rings. The monoisotopic (exact) mass is 173 g/mol. The molecule has 2 rings (SSSR count). The van der Waals surface area contributed by atoms with Crippen LogP contribution in [0.4, 0.5) is 0 Å². The molecule has 1 unspecified atom stereocenters. The fraction of sp³-hybridized carbons (Fsp3) is 0.333. The Morgan fingerprint density at radius 1 is 1.46 bits per heavy atom. The summed E-state index contributed by atoms with van der Waals surface area (Å²) < 4.78 is 0. The van der Waals surface area contributed by atoms with Crippen molar-refractivity contribution < 1.29 is 0 Å². The van der Waals surface area contributed by atoms with Gasteiger partial charge in [0.25, 0.3) is 0 Å². The van der Waals surface area contributed by atoms with Gasteiger partial charge in [-0.15, -0.1) is 0 Å². The highest BCUT2D eigenvalue weighted by molar-refractivity contribution is 5.40. The summed E-state index contributed by atoms with van der Waals surface area (Å²) in [6.45, 7) is 4.64.